The normalized spacial score (nSPS) is 37.1. The first-order valence-electron chi connectivity index (χ1n) is 19.4. The predicted octanol–water partition coefficient (Wildman–Crippen LogP) is 2.14. The zero-order chi connectivity index (χ0) is 44.1. The first-order chi connectivity index (χ1) is 26.8. The Balaban J connectivity index is 0.000000335. The van der Waals surface area contributed by atoms with Crippen molar-refractivity contribution < 1.29 is 83.9 Å². The van der Waals surface area contributed by atoms with Gasteiger partial charge in [0.1, 0.15) is 87.9 Å². The van der Waals surface area contributed by atoms with Crippen molar-refractivity contribution in [2.24, 2.45) is 0 Å². The largest absolute Gasteiger partial charge is 0.779 e. The van der Waals surface area contributed by atoms with Crippen LogP contribution in [0.2, 0.25) is 0 Å². The van der Waals surface area contributed by atoms with Crippen molar-refractivity contribution in [1.29, 1.82) is 0 Å². The van der Waals surface area contributed by atoms with E-state index in [2.05, 4.69) is 0 Å². The van der Waals surface area contributed by atoms with Crippen LogP contribution in [0.1, 0.15) is 68.2 Å². The van der Waals surface area contributed by atoms with E-state index >= 15 is 0 Å². The topological polar surface area (TPSA) is 188 Å². The van der Waals surface area contributed by atoms with Gasteiger partial charge in [0.2, 0.25) is 0 Å². The fourth-order valence-electron chi connectivity index (χ4n) is 5.90. The Morgan fingerprint density at radius 2 is 1.10 bits per heavy atom. The Kier molecular flexibility index (Phi) is 23.7. The van der Waals surface area contributed by atoms with Crippen molar-refractivity contribution in [1.82, 2.24) is 0 Å². The van der Waals surface area contributed by atoms with Crippen LogP contribution < -0.4 is 4.89 Å². The van der Waals surface area contributed by atoms with Crippen LogP contribution in [-0.4, -0.2) is 186 Å². The van der Waals surface area contributed by atoms with Gasteiger partial charge in [-0.1, -0.05) is 0 Å². The van der Waals surface area contributed by atoms with Gasteiger partial charge in [0.05, 0.1) is 75.1 Å². The molecular weight excluding hydrogens is 808 g/mol. The van der Waals surface area contributed by atoms with E-state index in [4.69, 9.17) is 87.4 Å². The molecular formula is C34H61B4F2O16P2-. The molecule has 4 fully saturated rings. The second-order valence-electron chi connectivity index (χ2n) is 15.3. The minimum atomic E-state index is -4.14. The molecule has 330 valence electrons. The Morgan fingerprint density at radius 1 is 0.672 bits per heavy atom. The highest BCUT2D eigenvalue weighted by Crippen LogP contribution is 2.52. The van der Waals surface area contributed by atoms with Crippen LogP contribution in [0.5, 0.6) is 0 Å². The number of phosphoric ester groups is 1. The average molecular weight is 869 g/mol. The zero-order valence-corrected chi connectivity index (χ0v) is 37.0. The van der Waals surface area contributed by atoms with Crippen molar-refractivity contribution >= 4 is 46.8 Å². The van der Waals surface area contributed by atoms with E-state index in [0.29, 0.717) is 12.8 Å². The molecule has 16 nitrogen and oxygen atoms in total. The molecule has 1 N–H and O–H groups in total. The van der Waals surface area contributed by atoms with Gasteiger partial charge in [0.15, 0.2) is 0 Å². The summed E-state index contributed by atoms with van der Waals surface area (Å²) in [6.45, 7) is 15.9. The van der Waals surface area contributed by atoms with Gasteiger partial charge in [-0.3, -0.25) is 13.6 Å². The van der Waals surface area contributed by atoms with Crippen molar-refractivity contribution in [2.75, 3.05) is 40.2 Å². The maximum Gasteiger partial charge on any atom is 0.475 e. The van der Waals surface area contributed by atoms with E-state index in [1.165, 1.54) is 0 Å². The molecule has 4 unspecified atom stereocenters. The number of halogens is 2. The van der Waals surface area contributed by atoms with Gasteiger partial charge < -0.3 is 57.0 Å². The minimum absolute atomic E-state index is 0.0189. The molecule has 8 radical (unpaired) electrons. The summed E-state index contributed by atoms with van der Waals surface area (Å²) in [4.78, 5) is 10.9. The summed E-state index contributed by atoms with van der Waals surface area (Å²) < 4.78 is 115. The summed E-state index contributed by atoms with van der Waals surface area (Å²) in [5.74, 6) is 0. The third-order valence-corrected chi connectivity index (χ3v) is 10.6. The first-order valence-corrected chi connectivity index (χ1v) is 22.9. The van der Waals surface area contributed by atoms with Gasteiger partial charge in [-0.15, -0.1) is 0 Å². The first kappa shape index (κ1) is 54.2. The molecule has 4 heterocycles. The highest BCUT2D eigenvalue weighted by Gasteiger charge is 2.48. The van der Waals surface area contributed by atoms with Gasteiger partial charge in [0, 0.05) is 25.8 Å². The molecule has 0 saturated carbocycles. The van der Waals surface area contributed by atoms with E-state index in [-0.39, 0.29) is 63.1 Å². The molecule has 0 aromatic carbocycles. The maximum atomic E-state index is 14.5. The molecule has 0 aromatic rings. The summed E-state index contributed by atoms with van der Waals surface area (Å²) in [5, 5.41) is 9.28. The summed E-state index contributed by atoms with van der Waals surface area (Å²) in [6.07, 6.45) is -7.77. The molecule has 24 heteroatoms. The number of aliphatic hydroxyl groups is 1. The lowest BCUT2D eigenvalue weighted by molar-refractivity contribution is -0.199. The smallest absolute Gasteiger partial charge is 0.475 e. The van der Waals surface area contributed by atoms with E-state index in [1.54, 1.807) is 0 Å². The Labute approximate surface area is 348 Å². The summed E-state index contributed by atoms with van der Waals surface area (Å²) >= 11 is 0. The van der Waals surface area contributed by atoms with Gasteiger partial charge in [0.25, 0.3) is 0 Å². The summed E-state index contributed by atoms with van der Waals surface area (Å²) in [6, 6.07) is -3.20. The van der Waals surface area contributed by atoms with Crippen LogP contribution in [0.15, 0.2) is 0 Å². The Bertz CT molecular complexity index is 1270. The molecule has 0 aliphatic carbocycles. The zero-order valence-electron chi connectivity index (χ0n) is 35.2. The Morgan fingerprint density at radius 3 is 1.50 bits per heavy atom. The lowest BCUT2D eigenvalue weighted by atomic mass is 9.94. The predicted molar refractivity (Wildman–Crippen MR) is 210 cm³/mol. The second kappa shape index (κ2) is 25.3. The molecule has 0 amide bonds. The molecule has 0 aromatic heterocycles. The number of rotatable bonds is 19. The summed E-state index contributed by atoms with van der Waals surface area (Å²) in [7, 11) is 15.6. The average Bonchev–Trinajstić information content (AvgIpc) is 3.80. The van der Waals surface area contributed by atoms with E-state index in [9.17, 15) is 27.9 Å². The van der Waals surface area contributed by atoms with E-state index in [0.717, 1.165) is 13.8 Å². The lowest BCUT2D eigenvalue weighted by Crippen LogP contribution is -2.36. The molecule has 4 rings (SSSR count). The SMILES string of the molecule is [B][C@@H]1O[C@H](COC(C)C)[C@H](O)C1F.[B][C@@H]1O[C@H](COC(C)C)[C@H](OP(=O)(OC)OC[C@H]2O[C@@H]([B])C[C@H]2OC(C)C)C1F.[B][C@H]1C[C@@H](OC(C)C)[C@@H](COP(C)(=O)[O-])O1. The van der Waals surface area contributed by atoms with Crippen molar-refractivity contribution in [2.45, 2.75) is 178 Å². The highest BCUT2D eigenvalue weighted by molar-refractivity contribution is 7.50. The van der Waals surface area contributed by atoms with Crippen LogP contribution in [0, 0.1) is 0 Å². The van der Waals surface area contributed by atoms with Gasteiger partial charge in [-0.2, -0.15) is 0 Å². The minimum Gasteiger partial charge on any atom is -0.779 e. The standard InChI is InChI=1S/C17H30B2FO8P.C9H18BO5P.C8H14BFO3/c1-9(2)23-7-13-16(15(20)17(19)27-13)28-29(21,22-5)24-8-12-11(25-10(3)4)6-14(18)26-12;1-6(2)14-7-4-9(10)15-8(7)5-13-16(3,11)12;1-4(2)12-3-5-7(11)6(10)8(9)13-5/h9-17H,6-8H2,1-5H3;6-9H,4-5H2,1-3H3,(H,11,12);4-8,11H,3H2,1-2H3/p-1/t11-,12-,13-,14-,15?,16+,17-,29?;7-,8-,9-;5-,6?,7+,8-/m111/s1. The van der Waals surface area contributed by atoms with Crippen LogP contribution in [-0.2, 0) is 65.1 Å². The molecule has 4 aliphatic heterocycles. The molecule has 16 atom stereocenters. The van der Waals surface area contributed by atoms with Crippen molar-refractivity contribution in [3.63, 3.8) is 0 Å². The fraction of sp³-hybridized carbons (Fsp3) is 1.00. The molecule has 0 spiro atoms. The molecule has 58 heavy (non-hydrogen) atoms. The van der Waals surface area contributed by atoms with Crippen molar-refractivity contribution in [3.8, 4) is 0 Å². The quantitative estimate of drug-likeness (QED) is 0.147. The molecule has 0 bridgehead atoms. The fourth-order valence-corrected chi connectivity index (χ4v) is 7.45. The molecule has 4 saturated heterocycles. The third-order valence-electron chi connectivity index (χ3n) is 8.56. The maximum absolute atomic E-state index is 14.5. The number of aliphatic hydroxyl groups excluding tert-OH is 1. The number of alkyl halides is 2. The van der Waals surface area contributed by atoms with Crippen LogP contribution in [0.25, 0.3) is 0 Å². The molecule has 4 aliphatic rings. The van der Waals surface area contributed by atoms with Gasteiger partial charge in [-0.25, -0.2) is 13.3 Å². The van der Waals surface area contributed by atoms with Crippen molar-refractivity contribution in [3.05, 3.63) is 0 Å². The monoisotopic (exact) mass is 869 g/mol. The number of ether oxygens (including phenoxy) is 8. The van der Waals surface area contributed by atoms with E-state index < -0.39 is 88.4 Å². The van der Waals surface area contributed by atoms with Crippen LogP contribution >= 0.6 is 15.4 Å². The highest BCUT2D eigenvalue weighted by atomic mass is 31.2. The van der Waals surface area contributed by atoms with Gasteiger partial charge >= 0.3 is 7.82 Å². The second-order valence-corrected chi connectivity index (χ2v) is 18.9. The van der Waals surface area contributed by atoms with Gasteiger partial charge in [-0.05, 0) is 68.2 Å². The number of hydrogen-bond acceptors (Lipinski definition) is 16. The number of hydrogen-bond donors (Lipinski definition) is 1. The number of phosphoric acid groups is 1. The lowest BCUT2D eigenvalue weighted by Gasteiger charge is -2.26. The summed E-state index contributed by atoms with van der Waals surface area (Å²) in [5.41, 5.74) is 0. The Hall–Kier alpha value is 0.0197. The van der Waals surface area contributed by atoms with Crippen LogP contribution in [0.4, 0.5) is 8.78 Å². The van der Waals surface area contributed by atoms with Crippen LogP contribution in [0.3, 0.4) is 0 Å². The van der Waals surface area contributed by atoms with E-state index in [1.807, 2.05) is 55.4 Å². The third kappa shape index (κ3) is 19.2.